The first-order valence-corrected chi connectivity index (χ1v) is 9.75. The largest absolute Gasteiger partial charge is 0.469 e. The smallest absolute Gasteiger partial charge is 0.222 e. The molecule has 152 valence electrons. The van der Waals surface area contributed by atoms with Crippen LogP contribution in [-0.2, 0) is 16.0 Å². The van der Waals surface area contributed by atoms with E-state index in [1.54, 1.807) is 6.26 Å². The van der Waals surface area contributed by atoms with Gasteiger partial charge >= 0.3 is 0 Å². The van der Waals surface area contributed by atoms with E-state index in [9.17, 15) is 4.79 Å². The molecule has 3 rings (SSSR count). The molecule has 8 heteroatoms. The number of hydrogen-bond acceptors (Lipinski definition) is 4. The maximum Gasteiger partial charge on any atom is 0.222 e. The highest BCUT2D eigenvalue weighted by Crippen LogP contribution is 2.12. The summed E-state index contributed by atoms with van der Waals surface area (Å²) in [7, 11) is 0. The van der Waals surface area contributed by atoms with Gasteiger partial charge in [-0.3, -0.25) is 9.79 Å². The monoisotopic (exact) mass is 490 g/mol. The fraction of sp³-hybridized carbons (Fsp3) is 0.684. The summed E-state index contributed by atoms with van der Waals surface area (Å²) < 4.78 is 11.0. The number of halogens is 1. The molecule has 2 fully saturated rings. The highest BCUT2D eigenvalue weighted by molar-refractivity contribution is 14.0. The van der Waals surface area contributed by atoms with Crippen molar-refractivity contribution in [1.29, 1.82) is 0 Å². The summed E-state index contributed by atoms with van der Waals surface area (Å²) in [6.07, 6.45) is 7.57. The first kappa shape index (κ1) is 22.0. The van der Waals surface area contributed by atoms with Crippen molar-refractivity contribution in [2.45, 2.75) is 44.6 Å². The molecule has 0 saturated carbocycles. The Bertz CT molecular complexity index is 574. The van der Waals surface area contributed by atoms with Gasteiger partial charge in [0.1, 0.15) is 5.76 Å². The maximum absolute atomic E-state index is 11.7. The van der Waals surface area contributed by atoms with Crippen LogP contribution in [0, 0.1) is 0 Å². The summed E-state index contributed by atoms with van der Waals surface area (Å²) in [6, 6.07) is 3.88. The van der Waals surface area contributed by atoms with E-state index in [0.29, 0.717) is 13.0 Å². The maximum atomic E-state index is 11.7. The van der Waals surface area contributed by atoms with Crippen LogP contribution in [0.4, 0.5) is 0 Å². The Morgan fingerprint density at radius 1 is 1.30 bits per heavy atom. The van der Waals surface area contributed by atoms with Crippen molar-refractivity contribution < 1.29 is 13.9 Å². The molecule has 1 aromatic rings. The SMILES string of the molecule is I.O=C1CCCN1CCCNC(=NCC1CCCO1)NCCc1ccco1. The number of rotatable bonds is 9. The van der Waals surface area contributed by atoms with Crippen LogP contribution in [-0.4, -0.2) is 62.2 Å². The van der Waals surface area contributed by atoms with Crippen LogP contribution in [0.25, 0.3) is 0 Å². The third kappa shape index (κ3) is 7.69. The predicted octanol–water partition coefficient (Wildman–Crippen LogP) is 2.17. The lowest BCUT2D eigenvalue weighted by Gasteiger charge is -2.17. The van der Waals surface area contributed by atoms with Gasteiger partial charge in [0, 0.05) is 45.6 Å². The van der Waals surface area contributed by atoms with Crippen molar-refractivity contribution in [2.24, 2.45) is 4.99 Å². The zero-order chi connectivity index (χ0) is 18.0. The van der Waals surface area contributed by atoms with Crippen molar-refractivity contribution >= 4 is 35.8 Å². The van der Waals surface area contributed by atoms with E-state index in [1.165, 1.54) is 0 Å². The van der Waals surface area contributed by atoms with Crippen LogP contribution < -0.4 is 10.6 Å². The van der Waals surface area contributed by atoms with E-state index in [0.717, 1.165) is 76.6 Å². The minimum atomic E-state index is 0. The van der Waals surface area contributed by atoms with Crippen molar-refractivity contribution in [1.82, 2.24) is 15.5 Å². The first-order valence-electron chi connectivity index (χ1n) is 9.75. The molecule has 0 aliphatic carbocycles. The number of nitrogens with zero attached hydrogens (tertiary/aromatic N) is 2. The van der Waals surface area contributed by atoms with Crippen LogP contribution >= 0.6 is 24.0 Å². The second-order valence-corrected chi connectivity index (χ2v) is 6.85. The second kappa shape index (κ2) is 12.2. The van der Waals surface area contributed by atoms with Gasteiger partial charge in [-0.1, -0.05) is 0 Å². The average molecular weight is 490 g/mol. The summed E-state index contributed by atoms with van der Waals surface area (Å²) in [6.45, 7) is 4.80. The van der Waals surface area contributed by atoms with Crippen molar-refractivity contribution in [3.63, 3.8) is 0 Å². The Balaban J connectivity index is 0.00000261. The average Bonchev–Trinajstić information content (AvgIpc) is 3.39. The van der Waals surface area contributed by atoms with E-state index in [-0.39, 0.29) is 36.0 Å². The van der Waals surface area contributed by atoms with Gasteiger partial charge in [-0.25, -0.2) is 0 Å². The number of nitrogens with one attached hydrogen (secondary N) is 2. The highest BCUT2D eigenvalue weighted by atomic mass is 127. The minimum absolute atomic E-state index is 0. The molecular weight excluding hydrogens is 459 g/mol. The number of amides is 1. The van der Waals surface area contributed by atoms with Crippen molar-refractivity contribution in [2.75, 3.05) is 39.3 Å². The molecule has 2 aliphatic rings. The summed E-state index contributed by atoms with van der Waals surface area (Å²) in [5.41, 5.74) is 0. The summed E-state index contributed by atoms with van der Waals surface area (Å²) >= 11 is 0. The molecule has 3 heterocycles. The van der Waals surface area contributed by atoms with Gasteiger partial charge in [-0.05, 0) is 37.8 Å². The first-order chi connectivity index (χ1) is 12.8. The van der Waals surface area contributed by atoms with Gasteiger partial charge in [0.15, 0.2) is 5.96 Å². The lowest BCUT2D eigenvalue weighted by molar-refractivity contribution is -0.127. The van der Waals surface area contributed by atoms with Gasteiger partial charge in [0.05, 0.1) is 18.9 Å². The number of furan rings is 1. The van der Waals surface area contributed by atoms with Crippen molar-refractivity contribution in [3.8, 4) is 0 Å². The van der Waals surface area contributed by atoms with E-state index in [4.69, 9.17) is 9.15 Å². The minimum Gasteiger partial charge on any atom is -0.469 e. The summed E-state index contributed by atoms with van der Waals surface area (Å²) in [5.74, 6) is 2.05. The Kier molecular flexibility index (Phi) is 9.96. The number of guanidine groups is 1. The van der Waals surface area contributed by atoms with Gasteiger partial charge in [-0.2, -0.15) is 0 Å². The number of ether oxygens (including phenoxy) is 1. The molecule has 7 nitrogen and oxygen atoms in total. The lowest BCUT2D eigenvalue weighted by Crippen LogP contribution is -2.40. The molecule has 1 aromatic heterocycles. The van der Waals surface area contributed by atoms with Gasteiger partial charge < -0.3 is 24.7 Å². The van der Waals surface area contributed by atoms with Gasteiger partial charge in [0.2, 0.25) is 5.91 Å². The standard InChI is InChI=1S/C19H30N4O3.HI/c24-18-7-1-11-23(18)12-4-9-20-19(22-15-17-6-3-14-26-17)21-10-8-16-5-2-13-25-16;/h2,5,13,17H,1,3-4,6-12,14-15H2,(H2,20,21,22);1H. The molecule has 0 spiro atoms. The number of aliphatic imine (C=N–C) groups is 1. The number of hydrogen-bond donors (Lipinski definition) is 2. The van der Waals surface area contributed by atoms with Crippen LogP contribution in [0.15, 0.2) is 27.8 Å². The molecule has 0 radical (unpaired) electrons. The summed E-state index contributed by atoms with van der Waals surface area (Å²) in [5, 5.41) is 6.74. The van der Waals surface area contributed by atoms with Crippen LogP contribution in [0.1, 0.15) is 37.9 Å². The highest BCUT2D eigenvalue weighted by Gasteiger charge is 2.19. The van der Waals surface area contributed by atoms with Gasteiger partial charge in [-0.15, -0.1) is 24.0 Å². The molecule has 0 bridgehead atoms. The predicted molar refractivity (Wildman–Crippen MR) is 116 cm³/mol. The van der Waals surface area contributed by atoms with Gasteiger partial charge in [0.25, 0.3) is 0 Å². The quantitative estimate of drug-likeness (QED) is 0.240. The third-order valence-electron chi connectivity index (χ3n) is 4.79. The Labute approximate surface area is 178 Å². The molecule has 1 unspecified atom stereocenters. The van der Waals surface area contributed by atoms with E-state index in [2.05, 4.69) is 15.6 Å². The molecule has 1 amide bonds. The number of carbonyl (C=O) groups excluding carboxylic acids is 1. The molecule has 0 aromatic carbocycles. The van der Waals surface area contributed by atoms with E-state index < -0.39 is 0 Å². The number of likely N-dealkylation sites (tertiary alicyclic amines) is 1. The normalized spacial score (nSPS) is 20.0. The number of carbonyl (C=O) groups is 1. The molecule has 27 heavy (non-hydrogen) atoms. The van der Waals surface area contributed by atoms with E-state index in [1.807, 2.05) is 17.0 Å². The summed E-state index contributed by atoms with van der Waals surface area (Å²) in [4.78, 5) is 18.3. The lowest BCUT2D eigenvalue weighted by atomic mass is 10.2. The fourth-order valence-electron chi connectivity index (χ4n) is 3.33. The molecule has 1 atom stereocenters. The third-order valence-corrected chi connectivity index (χ3v) is 4.79. The Morgan fingerprint density at radius 2 is 2.19 bits per heavy atom. The molecule has 2 N–H and O–H groups in total. The topological polar surface area (TPSA) is 79.1 Å². The Morgan fingerprint density at radius 3 is 2.89 bits per heavy atom. The van der Waals surface area contributed by atoms with Crippen molar-refractivity contribution in [3.05, 3.63) is 24.2 Å². The second-order valence-electron chi connectivity index (χ2n) is 6.85. The zero-order valence-electron chi connectivity index (χ0n) is 15.8. The molecule has 2 aliphatic heterocycles. The zero-order valence-corrected chi connectivity index (χ0v) is 18.2. The van der Waals surface area contributed by atoms with Crippen LogP contribution in [0.3, 0.4) is 0 Å². The fourth-order valence-corrected chi connectivity index (χ4v) is 3.33. The Hall–Kier alpha value is -1.29. The van der Waals surface area contributed by atoms with Crippen LogP contribution in [0.2, 0.25) is 0 Å². The van der Waals surface area contributed by atoms with E-state index >= 15 is 0 Å². The van der Waals surface area contributed by atoms with Crippen LogP contribution in [0.5, 0.6) is 0 Å². The molecular formula is C19H31IN4O3. The molecule has 2 saturated heterocycles.